The van der Waals surface area contributed by atoms with E-state index in [0.717, 1.165) is 0 Å². The summed E-state index contributed by atoms with van der Waals surface area (Å²) in [5, 5.41) is 27.9. The monoisotopic (exact) mass is 284 g/mol. The first-order valence-electron chi connectivity index (χ1n) is 5.66. The number of H-pyrrole nitrogens is 1. The van der Waals surface area contributed by atoms with Crippen molar-refractivity contribution < 1.29 is 15.3 Å². The minimum Gasteiger partial charge on any atom is -0.395 e. The highest BCUT2D eigenvalue weighted by Crippen LogP contribution is 2.42. The van der Waals surface area contributed by atoms with E-state index < -0.39 is 22.8 Å². The van der Waals surface area contributed by atoms with Gasteiger partial charge in [-0.2, -0.15) is 0 Å². The number of aromatic nitrogens is 4. The third kappa shape index (κ3) is 1.86. The minimum atomic E-state index is -1.05. The highest BCUT2D eigenvalue weighted by molar-refractivity contribution is 8.00. The van der Waals surface area contributed by atoms with Gasteiger partial charge in [-0.15, -0.1) is 11.8 Å². The van der Waals surface area contributed by atoms with Crippen LogP contribution in [0.4, 0.5) is 0 Å². The number of fused-ring (bicyclic) bond motifs is 1. The van der Waals surface area contributed by atoms with Crippen molar-refractivity contribution in [3.63, 3.8) is 0 Å². The fourth-order valence-corrected chi connectivity index (χ4v) is 3.53. The molecule has 0 aromatic carbocycles. The molecule has 2 aromatic rings. The fraction of sp³-hybridized carbons (Fsp3) is 0.500. The van der Waals surface area contributed by atoms with Crippen LogP contribution in [0.1, 0.15) is 5.37 Å². The Hall–Kier alpha value is -1.42. The summed E-state index contributed by atoms with van der Waals surface area (Å²) in [7, 11) is 0. The normalized spacial score (nSPS) is 31.1. The lowest BCUT2D eigenvalue weighted by atomic mass is 10.1. The molecule has 1 saturated heterocycles. The molecule has 8 nitrogen and oxygen atoms in total. The lowest BCUT2D eigenvalue weighted by Crippen LogP contribution is -2.32. The van der Waals surface area contributed by atoms with Crippen LogP contribution in [0.3, 0.4) is 0 Å². The number of imidazole rings is 1. The molecular weight excluding hydrogens is 272 g/mol. The second kappa shape index (κ2) is 4.60. The van der Waals surface area contributed by atoms with Crippen LogP contribution < -0.4 is 5.56 Å². The second-order valence-electron chi connectivity index (χ2n) is 4.28. The first kappa shape index (κ1) is 12.6. The van der Waals surface area contributed by atoms with Crippen molar-refractivity contribution in [1.82, 2.24) is 19.5 Å². The van der Waals surface area contributed by atoms with Gasteiger partial charge in [-0.25, -0.2) is 9.97 Å². The summed E-state index contributed by atoms with van der Waals surface area (Å²) in [5.74, 6) is 0. The van der Waals surface area contributed by atoms with Crippen LogP contribution >= 0.6 is 11.8 Å². The van der Waals surface area contributed by atoms with E-state index in [1.54, 1.807) is 4.57 Å². The molecule has 3 heterocycles. The van der Waals surface area contributed by atoms with Gasteiger partial charge < -0.3 is 20.3 Å². The number of aliphatic hydroxyl groups excluding tert-OH is 3. The van der Waals surface area contributed by atoms with E-state index in [4.69, 9.17) is 5.11 Å². The molecule has 0 aliphatic carbocycles. The molecule has 0 bridgehead atoms. The minimum absolute atomic E-state index is 0.178. The summed E-state index contributed by atoms with van der Waals surface area (Å²) in [6.07, 6.45) is 0.579. The Labute approximate surface area is 111 Å². The van der Waals surface area contributed by atoms with Gasteiger partial charge in [0.2, 0.25) is 0 Å². The zero-order valence-electron chi connectivity index (χ0n) is 9.67. The molecule has 9 heteroatoms. The smallest absolute Gasteiger partial charge is 0.278 e. The third-order valence-electron chi connectivity index (χ3n) is 3.16. The van der Waals surface area contributed by atoms with E-state index in [1.807, 2.05) is 0 Å². The molecule has 0 amide bonds. The molecule has 1 aliphatic heterocycles. The van der Waals surface area contributed by atoms with Crippen molar-refractivity contribution in [3.05, 3.63) is 23.0 Å². The van der Waals surface area contributed by atoms with Crippen molar-refractivity contribution in [2.24, 2.45) is 0 Å². The molecule has 3 rings (SSSR count). The zero-order valence-corrected chi connectivity index (χ0v) is 10.5. The van der Waals surface area contributed by atoms with Crippen LogP contribution in [-0.2, 0) is 0 Å². The molecule has 4 atom stereocenters. The number of thioether (sulfide) groups is 1. The molecule has 1 fully saturated rings. The van der Waals surface area contributed by atoms with E-state index in [-0.39, 0.29) is 17.7 Å². The van der Waals surface area contributed by atoms with Gasteiger partial charge in [0.1, 0.15) is 11.5 Å². The van der Waals surface area contributed by atoms with Gasteiger partial charge in [0, 0.05) is 0 Å². The van der Waals surface area contributed by atoms with Crippen molar-refractivity contribution >= 4 is 22.9 Å². The summed E-state index contributed by atoms with van der Waals surface area (Å²) in [6.45, 7) is -0.236. The van der Waals surface area contributed by atoms with E-state index in [9.17, 15) is 15.0 Å². The summed E-state index contributed by atoms with van der Waals surface area (Å²) in [6, 6.07) is 0. The van der Waals surface area contributed by atoms with Crippen molar-refractivity contribution in [2.45, 2.75) is 22.8 Å². The lowest BCUT2D eigenvalue weighted by molar-refractivity contribution is 0.0113. The number of nitrogens with one attached hydrogen (secondary N) is 1. The van der Waals surface area contributed by atoms with Gasteiger partial charge >= 0.3 is 0 Å². The maximum atomic E-state index is 11.5. The number of rotatable bonds is 2. The van der Waals surface area contributed by atoms with Gasteiger partial charge in [0.15, 0.2) is 11.2 Å². The van der Waals surface area contributed by atoms with Gasteiger partial charge in [-0.3, -0.25) is 9.36 Å². The van der Waals surface area contributed by atoms with Gasteiger partial charge in [0.25, 0.3) is 5.56 Å². The van der Waals surface area contributed by atoms with Crippen LogP contribution in [0.25, 0.3) is 11.2 Å². The molecule has 0 saturated carbocycles. The number of nitrogens with zero attached hydrogens (tertiary/aromatic N) is 3. The summed E-state index contributed by atoms with van der Waals surface area (Å²) in [4.78, 5) is 22.0. The fourth-order valence-electron chi connectivity index (χ4n) is 2.16. The Morgan fingerprint density at radius 3 is 2.84 bits per heavy atom. The summed E-state index contributed by atoms with van der Waals surface area (Å²) >= 11 is 1.23. The third-order valence-corrected chi connectivity index (χ3v) is 4.72. The number of aromatic amines is 1. The summed E-state index contributed by atoms with van der Waals surface area (Å²) < 4.78 is 1.54. The van der Waals surface area contributed by atoms with E-state index >= 15 is 0 Å². The van der Waals surface area contributed by atoms with Crippen LogP contribution in [0.5, 0.6) is 0 Å². The molecular formula is C10H12N4O4S. The molecule has 102 valence electrons. The van der Waals surface area contributed by atoms with Crippen LogP contribution in [0.15, 0.2) is 17.4 Å². The standard InChI is InChI=1S/C10H12N4O4S/c15-1-4-6(16)7(17)10(19-4)14-3-13-5-8(14)11-2-12-9(5)18/h2-4,6-7,10,15-17H,1H2,(H,11,12,18). The van der Waals surface area contributed by atoms with E-state index in [0.29, 0.717) is 5.65 Å². The average Bonchev–Trinajstić information content (AvgIpc) is 2.94. The molecule has 4 unspecified atom stereocenters. The molecule has 0 spiro atoms. The van der Waals surface area contributed by atoms with Crippen LogP contribution in [-0.4, -0.2) is 58.9 Å². The topological polar surface area (TPSA) is 124 Å². The predicted molar refractivity (Wildman–Crippen MR) is 67.7 cm³/mol. The highest BCUT2D eigenvalue weighted by atomic mass is 32.2. The summed E-state index contributed by atoms with van der Waals surface area (Å²) in [5.41, 5.74) is 0.156. The Kier molecular flexibility index (Phi) is 3.05. The maximum Gasteiger partial charge on any atom is 0.278 e. The van der Waals surface area contributed by atoms with Gasteiger partial charge in [-0.1, -0.05) is 0 Å². The Balaban J connectivity index is 2.06. The van der Waals surface area contributed by atoms with Gasteiger partial charge in [-0.05, 0) is 0 Å². The van der Waals surface area contributed by atoms with Crippen LogP contribution in [0, 0.1) is 0 Å². The molecule has 1 aliphatic rings. The Bertz CT molecular complexity index is 656. The first-order chi connectivity index (χ1) is 9.13. The van der Waals surface area contributed by atoms with Crippen LogP contribution in [0.2, 0.25) is 0 Å². The van der Waals surface area contributed by atoms with Crippen molar-refractivity contribution in [3.8, 4) is 0 Å². The molecule has 19 heavy (non-hydrogen) atoms. The predicted octanol–water partition coefficient (Wildman–Crippen LogP) is -1.55. The number of aliphatic hydroxyl groups is 3. The Morgan fingerprint density at radius 1 is 1.37 bits per heavy atom. The van der Waals surface area contributed by atoms with E-state index in [2.05, 4.69) is 15.0 Å². The van der Waals surface area contributed by atoms with E-state index in [1.165, 1.54) is 24.4 Å². The Morgan fingerprint density at radius 2 is 2.16 bits per heavy atom. The second-order valence-corrected chi connectivity index (χ2v) is 5.65. The number of hydrogen-bond acceptors (Lipinski definition) is 7. The largest absolute Gasteiger partial charge is 0.395 e. The van der Waals surface area contributed by atoms with Crippen molar-refractivity contribution in [1.29, 1.82) is 0 Å². The molecule has 2 aromatic heterocycles. The quantitative estimate of drug-likeness (QED) is 0.526. The maximum absolute atomic E-state index is 11.5. The van der Waals surface area contributed by atoms with Gasteiger partial charge in [0.05, 0.1) is 30.6 Å². The average molecular weight is 284 g/mol. The zero-order chi connectivity index (χ0) is 13.6. The molecule has 0 radical (unpaired) electrons. The molecule has 4 N–H and O–H groups in total. The lowest BCUT2D eigenvalue weighted by Gasteiger charge is -2.16. The number of hydrogen-bond donors (Lipinski definition) is 4. The highest BCUT2D eigenvalue weighted by Gasteiger charge is 2.43. The van der Waals surface area contributed by atoms with Crippen molar-refractivity contribution in [2.75, 3.05) is 6.61 Å². The SMILES string of the molecule is O=c1[nH]cnc2c1ncn2C1SC(CO)C(O)C1O. The first-order valence-corrected chi connectivity index (χ1v) is 6.60.